The highest BCUT2D eigenvalue weighted by molar-refractivity contribution is 6.21. The molecule has 0 amide bonds. The normalized spacial score (nSPS) is 24.8. The summed E-state index contributed by atoms with van der Waals surface area (Å²) in [5.41, 5.74) is 14.2. The monoisotopic (exact) mass is 614 g/mol. The summed E-state index contributed by atoms with van der Waals surface area (Å²) in [5.74, 6) is 3.49. The average Bonchev–Trinajstić information content (AvgIpc) is 3.43. The number of fused-ring (bicyclic) bond motifs is 5. The first-order valence-electron chi connectivity index (χ1n) is 18.1. The fraction of sp³-hybridized carbons (Fsp3) is 0.208. The van der Waals surface area contributed by atoms with Crippen molar-refractivity contribution in [1.29, 1.82) is 0 Å². The molecular weight excluding hydrogens is 577 g/mol. The van der Waals surface area contributed by atoms with Crippen LogP contribution in [0.4, 0.5) is 0 Å². The van der Waals surface area contributed by atoms with Gasteiger partial charge in [0.05, 0.1) is 0 Å². The largest absolute Gasteiger partial charge is 0.0622 e. The van der Waals surface area contributed by atoms with Gasteiger partial charge in [-0.15, -0.1) is 0 Å². The van der Waals surface area contributed by atoms with Crippen molar-refractivity contribution in [1.82, 2.24) is 0 Å². The molecule has 5 aliphatic carbocycles. The molecule has 1 spiro atoms. The molecule has 12 rings (SSSR count). The zero-order chi connectivity index (χ0) is 31.4. The molecule has 0 saturated heterocycles. The average molecular weight is 615 g/mol. The van der Waals surface area contributed by atoms with E-state index < -0.39 is 0 Å². The standard InChI is InChI=1S/C48H38/c1-2-10-32(11-3-1)33-18-20-34(21-19-33)46-39-13-4-6-15-41(39)47(42-16-7-5-14-40(42)46)35-22-23-45-43(29-35)38-12-8-9-17-44(38)48(45)36-25-30-24-31(27-36)28-37(48)26-30/h1-23,29-31,36-37H,24-28H2. The van der Waals surface area contributed by atoms with Crippen LogP contribution in [-0.4, -0.2) is 0 Å². The van der Waals surface area contributed by atoms with E-state index in [1.54, 1.807) is 11.1 Å². The number of benzene rings is 7. The Bertz CT molecular complexity index is 2310. The zero-order valence-corrected chi connectivity index (χ0v) is 27.2. The highest BCUT2D eigenvalue weighted by Crippen LogP contribution is 2.69. The van der Waals surface area contributed by atoms with Crippen molar-refractivity contribution >= 4 is 21.5 Å². The third-order valence-corrected chi connectivity index (χ3v) is 13.1. The Kier molecular flexibility index (Phi) is 5.66. The Hall–Kier alpha value is -4.94. The van der Waals surface area contributed by atoms with Gasteiger partial charge in [0.25, 0.3) is 0 Å². The summed E-state index contributed by atoms with van der Waals surface area (Å²) < 4.78 is 0. The third kappa shape index (κ3) is 3.61. The lowest BCUT2D eigenvalue weighted by Gasteiger charge is -2.61. The SMILES string of the molecule is c1ccc(-c2ccc(-c3c4ccccc4c(-c4ccc5c(c4)-c4ccccc4C54C5CC6CC(C5)CC4C6)c4ccccc34)cc2)cc1. The smallest absolute Gasteiger partial charge is 0.0271 e. The predicted octanol–water partition coefficient (Wildman–Crippen LogP) is 12.7. The number of rotatable bonds is 3. The van der Waals surface area contributed by atoms with Crippen LogP contribution in [0.5, 0.6) is 0 Å². The van der Waals surface area contributed by atoms with Gasteiger partial charge in [0.15, 0.2) is 0 Å². The van der Waals surface area contributed by atoms with E-state index in [1.165, 1.54) is 98.2 Å². The molecule has 5 aliphatic rings. The van der Waals surface area contributed by atoms with Gasteiger partial charge in [-0.25, -0.2) is 0 Å². The van der Waals surface area contributed by atoms with Crippen molar-refractivity contribution in [3.8, 4) is 44.5 Å². The molecule has 230 valence electrons. The molecule has 4 bridgehead atoms. The fourth-order valence-electron chi connectivity index (χ4n) is 11.5. The lowest BCUT2D eigenvalue weighted by atomic mass is 9.43. The van der Waals surface area contributed by atoms with Crippen LogP contribution in [0, 0.1) is 23.7 Å². The second-order valence-corrected chi connectivity index (χ2v) is 15.3. The molecule has 0 aromatic heterocycles. The quantitative estimate of drug-likeness (QED) is 0.174. The molecule has 7 aromatic rings. The second kappa shape index (κ2) is 10.0. The molecule has 0 nitrogen and oxygen atoms in total. The Morgan fingerprint density at radius 2 is 0.812 bits per heavy atom. The summed E-state index contributed by atoms with van der Waals surface area (Å²) in [6, 6.07) is 55.2. The molecule has 48 heavy (non-hydrogen) atoms. The second-order valence-electron chi connectivity index (χ2n) is 15.3. The Morgan fingerprint density at radius 3 is 1.44 bits per heavy atom. The van der Waals surface area contributed by atoms with Crippen molar-refractivity contribution < 1.29 is 0 Å². The predicted molar refractivity (Wildman–Crippen MR) is 201 cm³/mol. The summed E-state index contributed by atoms with van der Waals surface area (Å²) >= 11 is 0. The van der Waals surface area contributed by atoms with Gasteiger partial charge < -0.3 is 0 Å². The highest BCUT2D eigenvalue weighted by Gasteiger charge is 2.61. The van der Waals surface area contributed by atoms with Gasteiger partial charge >= 0.3 is 0 Å². The van der Waals surface area contributed by atoms with E-state index in [0.717, 1.165) is 23.7 Å². The summed E-state index contributed by atoms with van der Waals surface area (Å²) in [7, 11) is 0. The van der Waals surface area contributed by atoms with E-state index in [-0.39, 0.29) is 5.41 Å². The molecule has 4 saturated carbocycles. The lowest BCUT2D eigenvalue weighted by Crippen LogP contribution is -2.55. The molecule has 0 radical (unpaired) electrons. The molecule has 0 heteroatoms. The minimum absolute atomic E-state index is 0.206. The lowest BCUT2D eigenvalue weighted by molar-refractivity contribution is -0.0399. The van der Waals surface area contributed by atoms with Crippen molar-refractivity contribution in [3.05, 3.63) is 157 Å². The van der Waals surface area contributed by atoms with E-state index in [9.17, 15) is 0 Å². The molecule has 0 N–H and O–H groups in total. The van der Waals surface area contributed by atoms with Crippen LogP contribution in [-0.2, 0) is 5.41 Å². The van der Waals surface area contributed by atoms with Crippen LogP contribution in [0.1, 0.15) is 43.2 Å². The van der Waals surface area contributed by atoms with E-state index >= 15 is 0 Å². The van der Waals surface area contributed by atoms with E-state index in [4.69, 9.17) is 0 Å². The molecule has 0 aliphatic heterocycles. The summed E-state index contributed by atoms with van der Waals surface area (Å²) in [4.78, 5) is 0. The fourth-order valence-corrected chi connectivity index (χ4v) is 11.5. The number of hydrogen-bond donors (Lipinski definition) is 0. The maximum absolute atomic E-state index is 2.58. The van der Waals surface area contributed by atoms with Crippen LogP contribution in [0.15, 0.2) is 146 Å². The summed E-state index contributed by atoms with van der Waals surface area (Å²) in [5, 5.41) is 5.29. The molecular formula is C48H38. The minimum atomic E-state index is 0.206. The molecule has 0 unspecified atom stereocenters. The first kappa shape index (κ1) is 27.1. The molecule has 4 fully saturated rings. The summed E-state index contributed by atoms with van der Waals surface area (Å²) in [6.45, 7) is 0. The topological polar surface area (TPSA) is 0 Å². The highest BCUT2D eigenvalue weighted by atomic mass is 14.6. The van der Waals surface area contributed by atoms with Gasteiger partial charge in [-0.3, -0.25) is 0 Å². The van der Waals surface area contributed by atoms with Crippen molar-refractivity contribution in [2.45, 2.75) is 37.5 Å². The van der Waals surface area contributed by atoms with Crippen molar-refractivity contribution in [2.24, 2.45) is 23.7 Å². The third-order valence-electron chi connectivity index (χ3n) is 13.1. The maximum atomic E-state index is 2.58. The summed E-state index contributed by atoms with van der Waals surface area (Å²) in [6.07, 6.45) is 7.18. The van der Waals surface area contributed by atoms with E-state index in [0.29, 0.717) is 0 Å². The Labute approximate surface area is 283 Å². The van der Waals surface area contributed by atoms with Crippen molar-refractivity contribution in [3.63, 3.8) is 0 Å². The molecule has 0 atom stereocenters. The Balaban J connectivity index is 1.12. The van der Waals surface area contributed by atoms with Crippen molar-refractivity contribution in [2.75, 3.05) is 0 Å². The van der Waals surface area contributed by atoms with Crippen LogP contribution >= 0.6 is 0 Å². The van der Waals surface area contributed by atoms with Crippen LogP contribution in [0.25, 0.3) is 66.1 Å². The van der Waals surface area contributed by atoms with Crippen LogP contribution < -0.4 is 0 Å². The maximum Gasteiger partial charge on any atom is 0.0271 e. The number of hydrogen-bond acceptors (Lipinski definition) is 0. The minimum Gasteiger partial charge on any atom is -0.0622 e. The van der Waals surface area contributed by atoms with Gasteiger partial charge in [-0.05, 0) is 139 Å². The Morgan fingerprint density at radius 1 is 0.354 bits per heavy atom. The van der Waals surface area contributed by atoms with Gasteiger partial charge in [-0.1, -0.05) is 140 Å². The first-order chi connectivity index (χ1) is 23.8. The van der Waals surface area contributed by atoms with E-state index in [2.05, 4.69) is 146 Å². The van der Waals surface area contributed by atoms with E-state index in [1.807, 2.05) is 0 Å². The van der Waals surface area contributed by atoms with Gasteiger partial charge in [-0.2, -0.15) is 0 Å². The van der Waals surface area contributed by atoms with Gasteiger partial charge in [0.2, 0.25) is 0 Å². The zero-order valence-electron chi connectivity index (χ0n) is 27.2. The first-order valence-corrected chi connectivity index (χ1v) is 18.1. The van der Waals surface area contributed by atoms with Crippen LogP contribution in [0.3, 0.4) is 0 Å². The van der Waals surface area contributed by atoms with Gasteiger partial charge in [0.1, 0.15) is 0 Å². The van der Waals surface area contributed by atoms with Gasteiger partial charge in [0, 0.05) is 5.41 Å². The molecule has 7 aromatic carbocycles. The van der Waals surface area contributed by atoms with Crippen LogP contribution in [0.2, 0.25) is 0 Å². The molecule has 0 heterocycles.